The largest absolute Gasteiger partial charge is 0.480 e. The van der Waals surface area contributed by atoms with Crippen molar-refractivity contribution in [1.29, 1.82) is 0 Å². The number of morpholine rings is 1. The highest BCUT2D eigenvalue weighted by Gasteiger charge is 2.21. The van der Waals surface area contributed by atoms with Crippen LogP contribution in [0.2, 0.25) is 0 Å². The first-order valence-electron chi connectivity index (χ1n) is 13.1. The zero-order valence-corrected chi connectivity index (χ0v) is 23.8. The molecule has 0 spiro atoms. The van der Waals surface area contributed by atoms with Crippen LogP contribution in [0.1, 0.15) is 41.8 Å². The van der Waals surface area contributed by atoms with Crippen molar-refractivity contribution in [3.8, 4) is 0 Å². The Morgan fingerprint density at radius 1 is 1.12 bits per heavy atom. The van der Waals surface area contributed by atoms with Crippen LogP contribution in [-0.2, 0) is 16.0 Å². The average Bonchev–Trinajstić information content (AvgIpc) is 2.93. The minimum atomic E-state index is -3.67. The maximum absolute atomic E-state index is 13.9. The van der Waals surface area contributed by atoms with Gasteiger partial charge in [-0.05, 0) is 44.0 Å². The number of nitrogens with zero attached hydrogens (tertiary/aromatic N) is 2. The Morgan fingerprint density at radius 3 is 2.26 bits per heavy atom. The predicted octanol–water partition coefficient (Wildman–Crippen LogP) is 6.27. The number of carbonyl (C=O) groups is 2. The fourth-order valence-corrected chi connectivity index (χ4v) is 3.61. The number of anilines is 1. The van der Waals surface area contributed by atoms with E-state index in [1.807, 2.05) is 24.5 Å². The fraction of sp³-hybridized carbons (Fsp3) is 0.367. The molecule has 0 aromatic heterocycles. The molecule has 2 aromatic carbocycles. The lowest BCUT2D eigenvalue weighted by Gasteiger charge is -2.29. The minimum Gasteiger partial charge on any atom is -0.480 e. The third-order valence-electron chi connectivity index (χ3n) is 5.53. The van der Waals surface area contributed by atoms with Gasteiger partial charge >= 0.3 is 12.6 Å². The van der Waals surface area contributed by atoms with Crippen LogP contribution in [0.4, 0.5) is 27.6 Å². The van der Waals surface area contributed by atoms with Gasteiger partial charge in [0.05, 0.1) is 13.2 Å². The molecule has 7 nitrogen and oxygen atoms in total. The molecule has 1 aliphatic rings. The van der Waals surface area contributed by atoms with Gasteiger partial charge in [-0.1, -0.05) is 48.9 Å². The van der Waals surface area contributed by atoms with Crippen molar-refractivity contribution in [1.82, 2.24) is 5.32 Å². The molecule has 42 heavy (non-hydrogen) atoms. The highest BCUT2D eigenvalue weighted by atomic mass is 19.4. The maximum Gasteiger partial charge on any atom is 0.379 e. The van der Waals surface area contributed by atoms with Crippen LogP contribution < -0.4 is 10.2 Å². The van der Waals surface area contributed by atoms with E-state index in [1.54, 1.807) is 4.90 Å². The van der Waals surface area contributed by atoms with E-state index in [2.05, 4.69) is 55.3 Å². The molecule has 0 saturated carbocycles. The van der Waals surface area contributed by atoms with E-state index in [-0.39, 0.29) is 0 Å². The number of aliphatic imine (C=N–C) groups is 1. The topological polar surface area (TPSA) is 91.2 Å². The molecular weight excluding hydrogens is 561 g/mol. The molecule has 1 fully saturated rings. The molecule has 0 unspecified atom stereocenters. The second kappa shape index (κ2) is 19.9. The Hall–Kier alpha value is -4.06. The van der Waals surface area contributed by atoms with E-state index < -0.39 is 42.3 Å². The van der Waals surface area contributed by atoms with E-state index in [9.17, 15) is 31.5 Å². The molecular formula is C30H36F5N3O4. The summed E-state index contributed by atoms with van der Waals surface area (Å²) < 4.78 is 62.0. The number of rotatable bonds is 9. The second-order valence-corrected chi connectivity index (χ2v) is 8.77. The summed E-state index contributed by atoms with van der Waals surface area (Å²) in [6, 6.07) is 10.7. The van der Waals surface area contributed by atoms with Crippen molar-refractivity contribution in [3.05, 3.63) is 88.6 Å². The Labute approximate surface area is 242 Å². The summed E-state index contributed by atoms with van der Waals surface area (Å²) in [7, 11) is 0. The second-order valence-electron chi connectivity index (χ2n) is 8.77. The number of alkyl halides is 3. The molecule has 1 saturated heterocycles. The van der Waals surface area contributed by atoms with Crippen molar-refractivity contribution in [2.45, 2.75) is 40.3 Å². The van der Waals surface area contributed by atoms with Gasteiger partial charge < -0.3 is 20.1 Å². The zero-order valence-electron chi connectivity index (χ0n) is 23.8. The minimum absolute atomic E-state index is 0.322. The lowest BCUT2D eigenvalue weighted by molar-refractivity contribution is -0.135. The summed E-state index contributed by atoms with van der Waals surface area (Å²) >= 11 is 0. The molecule has 0 atom stereocenters. The lowest BCUT2D eigenvalue weighted by Crippen LogP contribution is -2.36. The molecule has 3 rings (SSSR count). The van der Waals surface area contributed by atoms with Crippen LogP contribution >= 0.6 is 0 Å². The SMILES string of the molecule is C\C=C(Cc1cccc(C)c1)/N=C/C=C/CC.FC(F)F.O=C(O)CNC(=O)c1c(F)cc(N2CCOCC2)cc1F. The number of carboxylic acid groups (broad SMARTS) is 1. The monoisotopic (exact) mass is 597 g/mol. The summed E-state index contributed by atoms with van der Waals surface area (Å²) in [5.41, 5.74) is 3.26. The molecule has 0 radical (unpaired) electrons. The van der Waals surface area contributed by atoms with Gasteiger partial charge in [0.2, 0.25) is 0 Å². The summed E-state index contributed by atoms with van der Waals surface area (Å²) in [4.78, 5) is 28.1. The van der Waals surface area contributed by atoms with Crippen LogP contribution in [-0.4, -0.2) is 62.7 Å². The third-order valence-corrected chi connectivity index (χ3v) is 5.53. The van der Waals surface area contributed by atoms with Gasteiger partial charge in [0.1, 0.15) is 23.7 Å². The van der Waals surface area contributed by atoms with Gasteiger partial charge in [0.15, 0.2) is 0 Å². The van der Waals surface area contributed by atoms with Gasteiger partial charge in [0.25, 0.3) is 5.91 Å². The van der Waals surface area contributed by atoms with E-state index in [0.717, 1.165) is 30.7 Å². The van der Waals surface area contributed by atoms with Crippen LogP contribution in [0.5, 0.6) is 0 Å². The Balaban J connectivity index is 0.000000379. The van der Waals surface area contributed by atoms with Gasteiger partial charge in [-0.25, -0.2) is 8.78 Å². The van der Waals surface area contributed by atoms with Gasteiger partial charge in [-0.2, -0.15) is 13.2 Å². The zero-order chi connectivity index (χ0) is 31.5. The highest BCUT2D eigenvalue weighted by molar-refractivity contribution is 5.96. The number of hydrogen-bond acceptors (Lipinski definition) is 5. The normalized spacial score (nSPS) is 13.5. The van der Waals surface area contributed by atoms with Crippen LogP contribution in [0.15, 0.2) is 65.3 Å². The average molecular weight is 598 g/mol. The van der Waals surface area contributed by atoms with Crippen molar-refractivity contribution in [2.75, 3.05) is 37.7 Å². The fourth-order valence-electron chi connectivity index (χ4n) is 3.61. The maximum atomic E-state index is 13.9. The molecule has 0 aliphatic carbocycles. The van der Waals surface area contributed by atoms with E-state index in [0.29, 0.717) is 32.0 Å². The number of benzene rings is 2. The predicted molar refractivity (Wildman–Crippen MR) is 153 cm³/mol. The number of ether oxygens (including phenoxy) is 1. The standard InChI is InChI=1S/C16H21N.C13H14F2N2O4.CHF3/c1-4-6-7-11-17-16(5-2)13-15-10-8-9-14(3)12-15;14-9-5-8(17-1-3-21-4-2-17)6-10(15)12(9)13(20)16-7-11(18)19;2-1(3)4/h5-12H,4,13H2,1-3H3;5-6H,1-4,7H2,(H,16,20)(H,18,19);1H/b7-6+,16-5-,17-11+;;. The number of carbonyl (C=O) groups excluding carboxylic acids is 1. The number of allylic oxidation sites excluding steroid dienone is 4. The number of aliphatic carboxylic acids is 1. The van der Waals surface area contributed by atoms with Crippen LogP contribution in [0.3, 0.4) is 0 Å². The summed E-state index contributed by atoms with van der Waals surface area (Å²) in [6.45, 7) is 3.83. The van der Waals surface area contributed by atoms with E-state index >= 15 is 0 Å². The number of nitrogens with one attached hydrogen (secondary N) is 1. The molecule has 0 bridgehead atoms. The third kappa shape index (κ3) is 14.5. The number of amides is 1. The van der Waals surface area contributed by atoms with Gasteiger partial charge in [-0.3, -0.25) is 14.6 Å². The smallest absolute Gasteiger partial charge is 0.379 e. The number of carboxylic acids is 1. The molecule has 2 aromatic rings. The van der Waals surface area contributed by atoms with Crippen molar-refractivity contribution < 1.29 is 41.4 Å². The first-order chi connectivity index (χ1) is 20.0. The van der Waals surface area contributed by atoms with Crippen molar-refractivity contribution in [2.24, 2.45) is 4.99 Å². The molecule has 1 aliphatic heterocycles. The molecule has 2 N–H and O–H groups in total. The molecule has 1 amide bonds. The number of hydrogen-bond donors (Lipinski definition) is 2. The van der Waals surface area contributed by atoms with Crippen LogP contribution in [0, 0.1) is 18.6 Å². The van der Waals surface area contributed by atoms with E-state index in [1.165, 1.54) is 11.1 Å². The molecule has 230 valence electrons. The lowest BCUT2D eigenvalue weighted by atomic mass is 10.1. The summed E-state index contributed by atoms with van der Waals surface area (Å²) in [5.74, 6) is -4.45. The first kappa shape index (κ1) is 36.0. The van der Waals surface area contributed by atoms with E-state index in [4.69, 9.17) is 9.84 Å². The highest BCUT2D eigenvalue weighted by Crippen LogP contribution is 2.23. The first-order valence-corrected chi connectivity index (χ1v) is 13.1. The Kier molecular flexibility index (Phi) is 17.1. The number of halogens is 5. The molecule has 1 heterocycles. The molecule has 12 heteroatoms. The summed E-state index contributed by atoms with van der Waals surface area (Å²) in [5, 5.41) is 10.4. The van der Waals surface area contributed by atoms with Crippen LogP contribution in [0.25, 0.3) is 0 Å². The summed E-state index contributed by atoms with van der Waals surface area (Å²) in [6.07, 6.45) is 9.99. The van der Waals surface area contributed by atoms with Crippen molar-refractivity contribution in [3.63, 3.8) is 0 Å². The van der Waals surface area contributed by atoms with Crippen molar-refractivity contribution >= 4 is 23.8 Å². The quantitative estimate of drug-likeness (QED) is 0.263. The Morgan fingerprint density at radius 2 is 1.74 bits per heavy atom. The Bertz CT molecular complexity index is 1200. The van der Waals surface area contributed by atoms with Gasteiger partial charge in [-0.15, -0.1) is 0 Å². The number of aryl methyl sites for hydroxylation is 1. The van der Waals surface area contributed by atoms with Gasteiger partial charge in [0, 0.05) is 37.1 Å².